The molecule has 3 aromatic rings. The summed E-state index contributed by atoms with van der Waals surface area (Å²) in [6.07, 6.45) is 0.550. The summed E-state index contributed by atoms with van der Waals surface area (Å²) in [4.78, 5) is 32.1. The Morgan fingerprint density at radius 1 is 1.08 bits per heavy atom. The molecule has 36 heavy (non-hydrogen) atoms. The molecule has 0 bridgehead atoms. The van der Waals surface area contributed by atoms with Crippen molar-refractivity contribution in [3.05, 3.63) is 88.6 Å². The molecule has 2 N–H and O–H groups in total. The van der Waals surface area contributed by atoms with Crippen LogP contribution in [0, 0.1) is 11.3 Å². The van der Waals surface area contributed by atoms with Crippen molar-refractivity contribution < 1.29 is 23.6 Å². The number of anilines is 1. The van der Waals surface area contributed by atoms with Gasteiger partial charge in [0.05, 0.1) is 48.6 Å². The van der Waals surface area contributed by atoms with Crippen molar-refractivity contribution in [3.63, 3.8) is 0 Å². The monoisotopic (exact) mass is 485 g/mol. The summed E-state index contributed by atoms with van der Waals surface area (Å²) < 4.78 is 15.6. The standard InChI is InChI=1S/C26H23N5O5/c1-4-19-29-24(36-30-19)16-12-8-9-13-18(16)31-22(26(33)35-3)21(25(32)34-2)20(17(14-27)23(31)28)15-10-6-5-7-11-15/h5-13,20H,4,28H2,1-3H3. The van der Waals surface area contributed by atoms with Gasteiger partial charge in [-0.2, -0.15) is 10.2 Å². The van der Waals surface area contributed by atoms with Crippen LogP contribution in [0.4, 0.5) is 5.69 Å². The van der Waals surface area contributed by atoms with E-state index in [-0.39, 0.29) is 28.6 Å². The Morgan fingerprint density at radius 2 is 1.75 bits per heavy atom. The fraction of sp³-hybridized carbons (Fsp3) is 0.192. The van der Waals surface area contributed by atoms with E-state index in [1.54, 1.807) is 54.6 Å². The summed E-state index contributed by atoms with van der Waals surface area (Å²) in [6.45, 7) is 1.88. The van der Waals surface area contributed by atoms with Crippen LogP contribution in [-0.2, 0) is 25.5 Å². The van der Waals surface area contributed by atoms with Crippen LogP contribution in [0.15, 0.2) is 81.8 Å². The maximum absolute atomic E-state index is 13.3. The quantitative estimate of drug-likeness (QED) is 0.517. The van der Waals surface area contributed by atoms with Crippen LogP contribution >= 0.6 is 0 Å². The van der Waals surface area contributed by atoms with E-state index in [0.717, 1.165) is 0 Å². The minimum atomic E-state index is -0.962. The van der Waals surface area contributed by atoms with E-state index in [0.29, 0.717) is 29.1 Å². The number of esters is 2. The lowest BCUT2D eigenvalue weighted by molar-refractivity contribution is -0.139. The molecule has 0 saturated carbocycles. The Morgan fingerprint density at radius 3 is 2.36 bits per heavy atom. The van der Waals surface area contributed by atoms with Crippen LogP contribution in [0.3, 0.4) is 0 Å². The second-order valence-corrected chi connectivity index (χ2v) is 7.72. The molecule has 1 atom stereocenters. The molecule has 1 aliphatic heterocycles. The maximum atomic E-state index is 13.3. The highest BCUT2D eigenvalue weighted by atomic mass is 16.5. The highest BCUT2D eigenvalue weighted by Crippen LogP contribution is 2.45. The number of carbonyl (C=O) groups is 2. The number of ether oxygens (including phenoxy) is 2. The smallest absolute Gasteiger partial charge is 0.355 e. The van der Waals surface area contributed by atoms with Crippen LogP contribution in [0.25, 0.3) is 11.5 Å². The lowest BCUT2D eigenvalue weighted by Crippen LogP contribution is -2.41. The zero-order chi connectivity index (χ0) is 25.8. The van der Waals surface area contributed by atoms with Crippen molar-refractivity contribution >= 4 is 17.6 Å². The molecule has 0 radical (unpaired) electrons. The van der Waals surface area contributed by atoms with E-state index in [1.807, 2.05) is 6.92 Å². The normalized spacial score (nSPS) is 15.5. The maximum Gasteiger partial charge on any atom is 0.355 e. The second kappa shape index (κ2) is 10.1. The molecule has 1 aromatic heterocycles. The summed E-state index contributed by atoms with van der Waals surface area (Å²) in [6, 6.07) is 17.7. The number of carbonyl (C=O) groups excluding carboxylic acids is 2. The van der Waals surface area contributed by atoms with Gasteiger partial charge in [-0.3, -0.25) is 4.90 Å². The van der Waals surface area contributed by atoms with Crippen LogP contribution in [0.5, 0.6) is 0 Å². The van der Waals surface area contributed by atoms with Gasteiger partial charge in [0.1, 0.15) is 11.5 Å². The van der Waals surface area contributed by atoms with Crippen molar-refractivity contribution in [1.29, 1.82) is 5.26 Å². The minimum absolute atomic E-state index is 0.0536. The van der Waals surface area contributed by atoms with Crippen molar-refractivity contribution in [1.82, 2.24) is 10.1 Å². The van der Waals surface area contributed by atoms with Gasteiger partial charge in [-0.05, 0) is 17.7 Å². The lowest BCUT2D eigenvalue weighted by atomic mass is 9.80. The number of methoxy groups -OCH3 is 2. The molecule has 0 fully saturated rings. The van der Waals surface area contributed by atoms with Crippen molar-refractivity contribution in [2.24, 2.45) is 5.73 Å². The van der Waals surface area contributed by atoms with E-state index in [1.165, 1.54) is 19.1 Å². The van der Waals surface area contributed by atoms with Crippen molar-refractivity contribution in [2.75, 3.05) is 19.1 Å². The number of nitrogens with zero attached hydrogens (tertiary/aromatic N) is 4. The van der Waals surface area contributed by atoms with Gasteiger partial charge in [0, 0.05) is 6.42 Å². The van der Waals surface area contributed by atoms with Gasteiger partial charge in [0.2, 0.25) is 0 Å². The average Bonchev–Trinajstić information content (AvgIpc) is 3.41. The van der Waals surface area contributed by atoms with E-state index in [4.69, 9.17) is 19.7 Å². The first-order chi connectivity index (χ1) is 17.5. The van der Waals surface area contributed by atoms with Crippen molar-refractivity contribution in [2.45, 2.75) is 19.3 Å². The van der Waals surface area contributed by atoms with Gasteiger partial charge in [0.25, 0.3) is 5.89 Å². The molecular formula is C26H23N5O5. The van der Waals surface area contributed by atoms with Gasteiger partial charge in [-0.25, -0.2) is 9.59 Å². The number of allylic oxidation sites excluding steroid dienone is 1. The van der Waals surface area contributed by atoms with E-state index in [2.05, 4.69) is 16.2 Å². The first-order valence-corrected chi connectivity index (χ1v) is 11.0. The number of para-hydroxylation sites is 1. The van der Waals surface area contributed by atoms with E-state index >= 15 is 0 Å². The largest absolute Gasteiger partial charge is 0.466 e. The molecule has 2 aromatic carbocycles. The molecule has 0 amide bonds. The van der Waals surface area contributed by atoms with Gasteiger partial charge in [-0.1, -0.05) is 54.5 Å². The van der Waals surface area contributed by atoms with Crippen LogP contribution in [0.1, 0.15) is 24.2 Å². The summed E-state index contributed by atoms with van der Waals surface area (Å²) in [5.74, 6) is -1.99. The zero-order valence-corrected chi connectivity index (χ0v) is 19.9. The summed E-state index contributed by atoms with van der Waals surface area (Å²) in [5.41, 5.74) is 7.72. The lowest BCUT2D eigenvalue weighted by Gasteiger charge is -2.36. The predicted molar refractivity (Wildman–Crippen MR) is 129 cm³/mol. The molecule has 1 unspecified atom stereocenters. The molecule has 4 rings (SSSR count). The van der Waals surface area contributed by atoms with Gasteiger partial charge >= 0.3 is 11.9 Å². The Balaban J connectivity index is 2.07. The third-order valence-corrected chi connectivity index (χ3v) is 5.77. The highest BCUT2D eigenvalue weighted by Gasteiger charge is 2.43. The number of nitriles is 1. The molecule has 10 nitrogen and oxygen atoms in total. The van der Waals surface area contributed by atoms with Crippen LogP contribution in [-0.4, -0.2) is 36.3 Å². The molecule has 1 aliphatic rings. The molecule has 0 saturated heterocycles. The number of hydrogen-bond donors (Lipinski definition) is 1. The van der Waals surface area contributed by atoms with Gasteiger partial charge in [-0.15, -0.1) is 0 Å². The molecule has 182 valence electrons. The third kappa shape index (κ3) is 4.07. The van der Waals surface area contributed by atoms with Crippen LogP contribution < -0.4 is 10.6 Å². The zero-order valence-electron chi connectivity index (χ0n) is 19.9. The van der Waals surface area contributed by atoms with Crippen LogP contribution in [0.2, 0.25) is 0 Å². The Labute approximate surface area is 207 Å². The first kappa shape index (κ1) is 24.2. The predicted octanol–water partition coefficient (Wildman–Crippen LogP) is 3.20. The Kier molecular flexibility index (Phi) is 6.83. The molecule has 2 heterocycles. The Hall–Kier alpha value is -4.91. The number of benzene rings is 2. The topological polar surface area (TPSA) is 145 Å². The number of rotatable bonds is 6. The van der Waals surface area contributed by atoms with Gasteiger partial charge in [0.15, 0.2) is 5.82 Å². The van der Waals surface area contributed by atoms with E-state index in [9.17, 15) is 14.9 Å². The molecular weight excluding hydrogens is 462 g/mol. The first-order valence-electron chi connectivity index (χ1n) is 11.0. The molecule has 10 heteroatoms. The molecule has 0 aliphatic carbocycles. The minimum Gasteiger partial charge on any atom is -0.466 e. The summed E-state index contributed by atoms with van der Waals surface area (Å²) in [7, 11) is 2.39. The number of nitrogens with two attached hydrogens (primary N) is 1. The Bertz CT molecular complexity index is 1420. The fourth-order valence-electron chi connectivity index (χ4n) is 4.12. The van der Waals surface area contributed by atoms with Gasteiger partial charge < -0.3 is 19.7 Å². The summed E-state index contributed by atoms with van der Waals surface area (Å²) >= 11 is 0. The number of aryl methyl sites for hydroxylation is 1. The molecule has 0 spiro atoms. The fourth-order valence-corrected chi connectivity index (χ4v) is 4.12. The SMILES string of the molecule is CCc1noc(-c2ccccc2N2C(N)=C(C#N)C(c3ccccc3)C(C(=O)OC)=C2C(=O)OC)n1. The average molecular weight is 486 g/mol. The summed E-state index contributed by atoms with van der Waals surface area (Å²) in [5, 5.41) is 14.1. The van der Waals surface area contributed by atoms with Crippen molar-refractivity contribution in [3.8, 4) is 17.5 Å². The number of hydrogen-bond acceptors (Lipinski definition) is 10. The second-order valence-electron chi connectivity index (χ2n) is 7.72. The third-order valence-electron chi connectivity index (χ3n) is 5.77. The highest BCUT2D eigenvalue weighted by molar-refractivity contribution is 6.07. The van der Waals surface area contributed by atoms with E-state index < -0.39 is 17.9 Å². The number of aromatic nitrogens is 2.